The molecule has 2 rings (SSSR count). The number of hydrogen-bond acceptors (Lipinski definition) is 3. The van der Waals surface area contributed by atoms with Gasteiger partial charge in [0, 0.05) is 0 Å². The van der Waals surface area contributed by atoms with Crippen molar-refractivity contribution in [1.29, 1.82) is 0 Å². The van der Waals surface area contributed by atoms with Crippen molar-refractivity contribution in [2.45, 2.75) is 78.1 Å². The van der Waals surface area contributed by atoms with Crippen molar-refractivity contribution in [3.05, 3.63) is 24.3 Å². The lowest BCUT2D eigenvalue weighted by atomic mass is 9.43. The molecule has 0 radical (unpaired) electrons. The van der Waals surface area contributed by atoms with Gasteiger partial charge in [-0.25, -0.2) is 0 Å². The third-order valence-electron chi connectivity index (χ3n) is 6.85. The van der Waals surface area contributed by atoms with Gasteiger partial charge in [0.15, 0.2) is 0 Å². The number of aliphatic hydroxyl groups is 3. The first-order valence-corrected chi connectivity index (χ1v) is 8.86. The highest BCUT2D eigenvalue weighted by molar-refractivity contribution is 5.18. The van der Waals surface area contributed by atoms with Crippen LogP contribution in [0.1, 0.15) is 60.3 Å². The Hall–Kier alpha value is -0.640. The Morgan fingerprint density at radius 2 is 1.78 bits per heavy atom. The largest absolute Gasteiger partial charge is 0.390 e. The van der Waals surface area contributed by atoms with Gasteiger partial charge in [0.1, 0.15) is 6.10 Å². The van der Waals surface area contributed by atoms with Gasteiger partial charge in [0.25, 0.3) is 0 Å². The topological polar surface area (TPSA) is 60.7 Å². The van der Waals surface area contributed by atoms with Crippen LogP contribution >= 0.6 is 0 Å². The van der Waals surface area contributed by atoms with Gasteiger partial charge >= 0.3 is 0 Å². The minimum atomic E-state index is -1.30. The van der Waals surface area contributed by atoms with Crippen LogP contribution in [-0.2, 0) is 0 Å². The number of fused-ring (bicyclic) bond motifs is 1. The molecule has 0 aromatic heterocycles. The third-order valence-corrected chi connectivity index (χ3v) is 6.85. The van der Waals surface area contributed by atoms with Crippen molar-refractivity contribution in [2.24, 2.45) is 22.7 Å². The Morgan fingerprint density at radius 3 is 2.35 bits per heavy atom. The summed E-state index contributed by atoms with van der Waals surface area (Å²) in [6.45, 7) is 14.0. The van der Waals surface area contributed by atoms with Gasteiger partial charge in [-0.05, 0) is 55.8 Å². The molecule has 23 heavy (non-hydrogen) atoms. The molecule has 3 nitrogen and oxygen atoms in total. The normalized spacial score (nSPS) is 47.0. The second kappa shape index (κ2) is 6.02. The summed E-state index contributed by atoms with van der Waals surface area (Å²) >= 11 is 0. The fourth-order valence-electron chi connectivity index (χ4n) is 5.67. The molecule has 0 amide bonds. The van der Waals surface area contributed by atoms with E-state index in [1.165, 1.54) is 0 Å². The van der Waals surface area contributed by atoms with Gasteiger partial charge in [-0.3, -0.25) is 0 Å². The third kappa shape index (κ3) is 2.92. The highest BCUT2D eigenvalue weighted by atomic mass is 16.4. The van der Waals surface area contributed by atoms with Crippen LogP contribution in [0.4, 0.5) is 0 Å². The minimum Gasteiger partial charge on any atom is -0.390 e. The van der Waals surface area contributed by atoms with Crippen molar-refractivity contribution in [1.82, 2.24) is 0 Å². The Balaban J connectivity index is 2.49. The molecule has 2 aliphatic carbocycles. The zero-order valence-electron chi connectivity index (χ0n) is 15.3. The maximum atomic E-state index is 11.1. The van der Waals surface area contributed by atoms with Crippen molar-refractivity contribution in [3.63, 3.8) is 0 Å². The number of allylic oxidation sites excluding steroid dienone is 3. The number of rotatable bonds is 3. The van der Waals surface area contributed by atoms with Gasteiger partial charge < -0.3 is 15.3 Å². The molecule has 2 fully saturated rings. The zero-order valence-corrected chi connectivity index (χ0v) is 15.3. The fraction of sp³-hybridized carbons (Fsp3) is 0.800. The first-order valence-electron chi connectivity index (χ1n) is 8.86. The zero-order chi connectivity index (χ0) is 17.6. The minimum absolute atomic E-state index is 0.0126. The lowest BCUT2D eigenvalue weighted by Gasteiger charge is -2.64. The monoisotopic (exact) mass is 322 g/mol. The quantitative estimate of drug-likeness (QED) is 0.698. The highest BCUT2D eigenvalue weighted by Gasteiger charge is 2.64. The first-order chi connectivity index (χ1) is 10.5. The maximum Gasteiger partial charge on any atom is 0.109 e. The molecule has 6 atom stereocenters. The smallest absolute Gasteiger partial charge is 0.109 e. The second-order valence-electron chi connectivity index (χ2n) is 8.93. The summed E-state index contributed by atoms with van der Waals surface area (Å²) in [7, 11) is 0. The van der Waals surface area contributed by atoms with Gasteiger partial charge in [-0.2, -0.15) is 0 Å². The average Bonchev–Trinajstić information content (AvgIpc) is 2.43. The Kier molecular flexibility index (Phi) is 4.89. The SMILES string of the molecule is C=C/C(C)=C/C[C@H]1[C@](C)(O)[C@@H](O)[C@@H](O)[C@@H]2C(C)(C)CCC[C@@]21C. The molecule has 132 valence electrons. The van der Waals surface area contributed by atoms with Crippen LogP contribution in [-0.4, -0.2) is 33.1 Å². The summed E-state index contributed by atoms with van der Waals surface area (Å²) in [5.41, 5.74) is -0.450. The molecule has 0 aromatic rings. The van der Waals surface area contributed by atoms with Crippen LogP contribution in [0.5, 0.6) is 0 Å². The van der Waals surface area contributed by atoms with Gasteiger partial charge in [0.05, 0.1) is 11.7 Å². The standard InChI is InChI=1S/C20H34O3/c1-7-13(2)9-10-14-19(5)12-8-11-18(3,4)16(19)15(21)17(22)20(14,6)23/h7,9,14-17,21-23H,1,8,10-12H2,2-6H3/b13-9+/t14-,15+,16-,17+,19-,20+/m1/s1. The van der Waals surface area contributed by atoms with Gasteiger partial charge in [0.2, 0.25) is 0 Å². The van der Waals surface area contributed by atoms with Gasteiger partial charge in [-0.1, -0.05) is 51.5 Å². The molecular weight excluding hydrogens is 288 g/mol. The highest BCUT2D eigenvalue weighted by Crippen LogP contribution is 2.62. The summed E-state index contributed by atoms with van der Waals surface area (Å²) in [5, 5.41) is 32.5. The summed E-state index contributed by atoms with van der Waals surface area (Å²) in [6, 6.07) is 0. The predicted molar refractivity (Wildman–Crippen MR) is 93.9 cm³/mol. The van der Waals surface area contributed by atoms with E-state index in [2.05, 4.69) is 33.4 Å². The molecule has 0 aliphatic heterocycles. The molecule has 0 aromatic carbocycles. The molecular formula is C20H34O3. The van der Waals surface area contributed by atoms with E-state index in [1.807, 2.05) is 13.0 Å². The fourth-order valence-corrected chi connectivity index (χ4v) is 5.67. The van der Waals surface area contributed by atoms with Crippen molar-refractivity contribution >= 4 is 0 Å². The van der Waals surface area contributed by atoms with Crippen LogP contribution in [0, 0.1) is 22.7 Å². The van der Waals surface area contributed by atoms with Crippen molar-refractivity contribution in [2.75, 3.05) is 0 Å². The first kappa shape index (κ1) is 18.7. The summed E-state index contributed by atoms with van der Waals surface area (Å²) in [5.74, 6) is -0.103. The Bertz CT molecular complexity index is 491. The lowest BCUT2D eigenvalue weighted by Crippen LogP contribution is -2.69. The molecule has 3 heteroatoms. The molecule has 0 saturated heterocycles. The van der Waals surface area contributed by atoms with E-state index in [0.29, 0.717) is 6.42 Å². The van der Waals surface area contributed by atoms with E-state index in [-0.39, 0.29) is 22.7 Å². The van der Waals surface area contributed by atoms with E-state index >= 15 is 0 Å². The lowest BCUT2D eigenvalue weighted by molar-refractivity contribution is -0.265. The van der Waals surface area contributed by atoms with E-state index in [4.69, 9.17) is 0 Å². The van der Waals surface area contributed by atoms with E-state index in [9.17, 15) is 15.3 Å². The molecule has 3 N–H and O–H groups in total. The molecule has 0 heterocycles. The second-order valence-corrected chi connectivity index (χ2v) is 8.93. The summed E-state index contributed by atoms with van der Waals surface area (Å²) in [6.07, 6.45) is 5.73. The molecule has 2 saturated carbocycles. The van der Waals surface area contributed by atoms with Crippen LogP contribution in [0.15, 0.2) is 24.3 Å². The molecule has 0 spiro atoms. The van der Waals surface area contributed by atoms with E-state index in [1.54, 1.807) is 6.92 Å². The molecule has 0 unspecified atom stereocenters. The van der Waals surface area contributed by atoms with Crippen LogP contribution < -0.4 is 0 Å². The number of aliphatic hydroxyl groups excluding tert-OH is 2. The van der Waals surface area contributed by atoms with Gasteiger partial charge in [-0.15, -0.1) is 0 Å². The molecule has 0 bridgehead atoms. The number of hydrogen-bond donors (Lipinski definition) is 3. The van der Waals surface area contributed by atoms with Crippen LogP contribution in [0.25, 0.3) is 0 Å². The maximum absolute atomic E-state index is 11.1. The van der Waals surface area contributed by atoms with Crippen LogP contribution in [0.2, 0.25) is 0 Å². The van der Waals surface area contributed by atoms with E-state index < -0.39 is 17.8 Å². The van der Waals surface area contributed by atoms with Crippen molar-refractivity contribution in [3.8, 4) is 0 Å². The molecule has 2 aliphatic rings. The summed E-state index contributed by atoms with van der Waals surface area (Å²) < 4.78 is 0. The van der Waals surface area contributed by atoms with Crippen LogP contribution in [0.3, 0.4) is 0 Å². The van der Waals surface area contributed by atoms with E-state index in [0.717, 1.165) is 24.8 Å². The summed E-state index contributed by atoms with van der Waals surface area (Å²) in [4.78, 5) is 0. The average molecular weight is 322 g/mol. The predicted octanol–water partition coefficient (Wildman–Crippen LogP) is 3.44. The Labute approximate surface area is 141 Å². The van der Waals surface area contributed by atoms with Crippen molar-refractivity contribution < 1.29 is 15.3 Å². The Morgan fingerprint density at radius 1 is 1.17 bits per heavy atom.